The molecule has 2 aromatic carbocycles. The highest BCUT2D eigenvalue weighted by molar-refractivity contribution is 8.00. The van der Waals surface area contributed by atoms with E-state index in [0.29, 0.717) is 6.54 Å². The number of hydrogen-bond acceptors (Lipinski definition) is 3. The summed E-state index contributed by atoms with van der Waals surface area (Å²) >= 11 is 1.59. The standard InChI is InChI=1S/C22H29NO2S/c1-16(2)25-20-9-5-7-19(15-20)8-6-14-23-22(24)18(4)26-21-12-10-17(3)11-13-21/h5,7,9-13,15-16,18H,6,8,14H2,1-4H3,(H,23,24)/t18-/m0/s1. The molecular weight excluding hydrogens is 342 g/mol. The summed E-state index contributed by atoms with van der Waals surface area (Å²) in [5, 5.41) is 2.94. The van der Waals surface area contributed by atoms with Crippen LogP contribution in [0.25, 0.3) is 0 Å². The molecule has 4 heteroatoms. The lowest BCUT2D eigenvalue weighted by Gasteiger charge is -2.13. The number of ether oxygens (including phenoxy) is 1. The van der Waals surface area contributed by atoms with Gasteiger partial charge in [0.15, 0.2) is 0 Å². The van der Waals surface area contributed by atoms with Gasteiger partial charge in [-0.3, -0.25) is 4.79 Å². The molecular formula is C22H29NO2S. The number of rotatable bonds is 9. The maximum atomic E-state index is 12.2. The Bertz CT molecular complexity index is 698. The largest absolute Gasteiger partial charge is 0.491 e. The fourth-order valence-electron chi connectivity index (χ4n) is 2.57. The van der Waals surface area contributed by atoms with Crippen molar-refractivity contribution in [2.45, 2.75) is 56.8 Å². The quantitative estimate of drug-likeness (QED) is 0.497. The Morgan fingerprint density at radius 3 is 2.54 bits per heavy atom. The van der Waals surface area contributed by atoms with E-state index in [0.717, 1.165) is 23.5 Å². The van der Waals surface area contributed by atoms with E-state index in [1.807, 2.05) is 32.9 Å². The number of nitrogens with one attached hydrogen (secondary N) is 1. The number of amides is 1. The summed E-state index contributed by atoms with van der Waals surface area (Å²) in [5.74, 6) is 0.997. The first-order chi connectivity index (χ1) is 12.4. The first-order valence-electron chi connectivity index (χ1n) is 9.20. The Hall–Kier alpha value is -1.94. The molecule has 0 aliphatic rings. The number of aryl methyl sites for hydroxylation is 2. The summed E-state index contributed by atoms with van der Waals surface area (Å²) in [4.78, 5) is 13.4. The Morgan fingerprint density at radius 1 is 1.12 bits per heavy atom. The summed E-state index contributed by atoms with van der Waals surface area (Å²) in [6.07, 6.45) is 2.02. The monoisotopic (exact) mass is 371 g/mol. The normalized spacial score (nSPS) is 12.0. The molecule has 1 amide bonds. The molecule has 0 aromatic heterocycles. The fraction of sp³-hybridized carbons (Fsp3) is 0.409. The molecule has 0 saturated heterocycles. The van der Waals surface area contributed by atoms with Crippen LogP contribution in [0.4, 0.5) is 0 Å². The maximum absolute atomic E-state index is 12.2. The van der Waals surface area contributed by atoms with Crippen molar-refractivity contribution in [2.24, 2.45) is 0 Å². The molecule has 0 unspecified atom stereocenters. The molecule has 3 nitrogen and oxygen atoms in total. The third-order valence-corrected chi connectivity index (χ3v) is 5.03. The van der Waals surface area contributed by atoms with Crippen molar-refractivity contribution in [1.82, 2.24) is 5.32 Å². The zero-order chi connectivity index (χ0) is 18.9. The molecule has 0 saturated carbocycles. The van der Waals surface area contributed by atoms with Crippen molar-refractivity contribution in [3.63, 3.8) is 0 Å². The minimum absolute atomic E-state index is 0.0902. The first kappa shape index (κ1) is 20.4. The van der Waals surface area contributed by atoms with E-state index in [1.165, 1.54) is 11.1 Å². The third kappa shape index (κ3) is 7.12. The van der Waals surface area contributed by atoms with Crippen LogP contribution < -0.4 is 10.1 Å². The van der Waals surface area contributed by atoms with Gasteiger partial charge in [0.2, 0.25) is 5.91 Å². The molecule has 2 rings (SSSR count). The summed E-state index contributed by atoms with van der Waals surface area (Å²) in [5.41, 5.74) is 2.47. The summed E-state index contributed by atoms with van der Waals surface area (Å²) < 4.78 is 5.72. The topological polar surface area (TPSA) is 38.3 Å². The lowest BCUT2D eigenvalue weighted by atomic mass is 10.1. The molecule has 0 bridgehead atoms. The van der Waals surface area contributed by atoms with E-state index in [4.69, 9.17) is 4.74 Å². The van der Waals surface area contributed by atoms with Gasteiger partial charge < -0.3 is 10.1 Å². The van der Waals surface area contributed by atoms with Gasteiger partial charge in [-0.15, -0.1) is 11.8 Å². The highest BCUT2D eigenvalue weighted by Crippen LogP contribution is 2.23. The summed E-state index contributed by atoms with van der Waals surface area (Å²) in [7, 11) is 0. The molecule has 1 atom stereocenters. The summed E-state index contributed by atoms with van der Waals surface area (Å²) in [6, 6.07) is 16.5. The van der Waals surface area contributed by atoms with Gasteiger partial charge in [-0.25, -0.2) is 0 Å². The molecule has 2 aromatic rings. The van der Waals surface area contributed by atoms with E-state index in [1.54, 1.807) is 11.8 Å². The average Bonchev–Trinajstić information content (AvgIpc) is 2.60. The van der Waals surface area contributed by atoms with E-state index in [-0.39, 0.29) is 17.3 Å². The van der Waals surface area contributed by atoms with E-state index < -0.39 is 0 Å². The SMILES string of the molecule is Cc1ccc(S[C@@H](C)C(=O)NCCCc2cccc(OC(C)C)c2)cc1. The molecule has 0 fully saturated rings. The van der Waals surface area contributed by atoms with Crippen LogP contribution in [0.2, 0.25) is 0 Å². The second-order valence-electron chi connectivity index (χ2n) is 6.78. The van der Waals surface area contributed by atoms with Crippen molar-refractivity contribution in [3.8, 4) is 5.75 Å². The molecule has 0 aliphatic heterocycles. The van der Waals surface area contributed by atoms with E-state index in [2.05, 4.69) is 48.6 Å². The minimum Gasteiger partial charge on any atom is -0.491 e. The maximum Gasteiger partial charge on any atom is 0.233 e. The predicted molar refractivity (Wildman–Crippen MR) is 110 cm³/mol. The van der Waals surface area contributed by atoms with Crippen molar-refractivity contribution in [1.29, 1.82) is 0 Å². The lowest BCUT2D eigenvalue weighted by molar-refractivity contribution is -0.120. The molecule has 0 heterocycles. The van der Waals surface area contributed by atoms with Crippen LogP contribution in [0.5, 0.6) is 5.75 Å². The van der Waals surface area contributed by atoms with Crippen LogP contribution in [0, 0.1) is 6.92 Å². The van der Waals surface area contributed by atoms with Gasteiger partial charge in [0.05, 0.1) is 11.4 Å². The Balaban J connectivity index is 1.71. The van der Waals surface area contributed by atoms with E-state index in [9.17, 15) is 4.79 Å². The number of thioether (sulfide) groups is 1. The molecule has 0 radical (unpaired) electrons. The smallest absolute Gasteiger partial charge is 0.233 e. The number of benzene rings is 2. The second-order valence-corrected chi connectivity index (χ2v) is 8.20. The highest BCUT2D eigenvalue weighted by atomic mass is 32.2. The van der Waals surface area contributed by atoms with Crippen LogP contribution in [0.15, 0.2) is 53.4 Å². The zero-order valence-corrected chi connectivity index (χ0v) is 16.9. The highest BCUT2D eigenvalue weighted by Gasteiger charge is 2.13. The van der Waals surface area contributed by atoms with Crippen LogP contribution >= 0.6 is 11.8 Å². The second kappa shape index (κ2) is 10.3. The van der Waals surface area contributed by atoms with Crippen molar-refractivity contribution < 1.29 is 9.53 Å². The number of hydrogen-bond donors (Lipinski definition) is 1. The van der Waals surface area contributed by atoms with Gasteiger partial charge in [-0.2, -0.15) is 0 Å². The van der Waals surface area contributed by atoms with Gasteiger partial charge >= 0.3 is 0 Å². The number of carbonyl (C=O) groups excluding carboxylic acids is 1. The van der Waals surface area contributed by atoms with Crippen molar-refractivity contribution in [3.05, 3.63) is 59.7 Å². The Kier molecular flexibility index (Phi) is 8.05. The van der Waals surface area contributed by atoms with Gasteiger partial charge in [-0.05, 0) is 70.4 Å². The molecule has 0 spiro atoms. The first-order valence-corrected chi connectivity index (χ1v) is 10.1. The van der Waals surface area contributed by atoms with Crippen LogP contribution in [-0.2, 0) is 11.2 Å². The van der Waals surface area contributed by atoms with Crippen LogP contribution in [0.3, 0.4) is 0 Å². The molecule has 26 heavy (non-hydrogen) atoms. The minimum atomic E-state index is -0.0968. The van der Waals surface area contributed by atoms with Gasteiger partial charge in [0, 0.05) is 11.4 Å². The van der Waals surface area contributed by atoms with E-state index >= 15 is 0 Å². The zero-order valence-electron chi connectivity index (χ0n) is 16.1. The van der Waals surface area contributed by atoms with Gasteiger partial charge in [0.25, 0.3) is 0 Å². The van der Waals surface area contributed by atoms with Gasteiger partial charge in [-0.1, -0.05) is 29.8 Å². The molecule has 1 N–H and O–H groups in total. The molecule has 0 aliphatic carbocycles. The fourth-order valence-corrected chi connectivity index (χ4v) is 3.46. The predicted octanol–water partition coefficient (Wildman–Crippen LogP) is 5.01. The summed E-state index contributed by atoms with van der Waals surface area (Å²) in [6.45, 7) is 8.75. The van der Waals surface area contributed by atoms with Crippen LogP contribution in [-0.4, -0.2) is 23.8 Å². The van der Waals surface area contributed by atoms with Crippen molar-refractivity contribution >= 4 is 17.7 Å². The Morgan fingerprint density at radius 2 is 1.85 bits per heavy atom. The Labute approximate surface area is 161 Å². The lowest BCUT2D eigenvalue weighted by Crippen LogP contribution is -2.31. The van der Waals surface area contributed by atoms with Crippen LogP contribution in [0.1, 0.15) is 38.3 Å². The third-order valence-electron chi connectivity index (χ3n) is 3.91. The van der Waals surface area contributed by atoms with Crippen molar-refractivity contribution in [2.75, 3.05) is 6.54 Å². The molecule has 140 valence electrons. The average molecular weight is 372 g/mol. The number of carbonyl (C=O) groups is 1. The van der Waals surface area contributed by atoms with Gasteiger partial charge in [0.1, 0.15) is 5.75 Å².